The van der Waals surface area contributed by atoms with Gasteiger partial charge in [-0.05, 0) is 19.4 Å². The lowest BCUT2D eigenvalue weighted by molar-refractivity contribution is 0.0210. The summed E-state index contributed by atoms with van der Waals surface area (Å²) in [5.74, 6) is 0. The molecule has 0 aromatic carbocycles. The lowest BCUT2D eigenvalue weighted by atomic mass is 10.1. The van der Waals surface area contributed by atoms with Crippen molar-refractivity contribution < 1.29 is 9.47 Å². The molecule has 0 bridgehead atoms. The smallest absolute Gasteiger partial charge is 0.0594 e. The maximum Gasteiger partial charge on any atom is 0.0594 e. The highest BCUT2D eigenvalue weighted by atomic mass is 16.5. The fourth-order valence-corrected chi connectivity index (χ4v) is 2.68. The van der Waals surface area contributed by atoms with E-state index in [2.05, 4.69) is 29.7 Å². The third-order valence-electron chi connectivity index (χ3n) is 4.01. The van der Waals surface area contributed by atoms with Crippen LogP contribution >= 0.6 is 0 Å². The molecule has 2 fully saturated rings. The average Bonchev–Trinajstić information content (AvgIpc) is 2.46. The van der Waals surface area contributed by atoms with E-state index in [4.69, 9.17) is 9.47 Å². The minimum atomic E-state index is 0.529. The first-order chi connectivity index (χ1) is 8.81. The number of rotatable bonds is 4. The molecule has 0 spiro atoms. The number of hydrogen-bond donors (Lipinski definition) is 0. The van der Waals surface area contributed by atoms with Crippen molar-refractivity contribution in [2.45, 2.75) is 19.9 Å². The van der Waals surface area contributed by atoms with Crippen molar-refractivity contribution in [3.8, 4) is 0 Å². The zero-order valence-electron chi connectivity index (χ0n) is 11.7. The lowest BCUT2D eigenvalue weighted by Gasteiger charge is -2.36. The van der Waals surface area contributed by atoms with Crippen molar-refractivity contribution in [1.29, 1.82) is 0 Å². The first-order valence-corrected chi connectivity index (χ1v) is 7.08. The van der Waals surface area contributed by atoms with E-state index in [1.807, 2.05) is 0 Å². The van der Waals surface area contributed by atoms with Crippen molar-refractivity contribution in [2.24, 2.45) is 0 Å². The molecule has 0 aromatic heterocycles. The Kier molecular flexibility index (Phi) is 5.63. The second kappa shape index (κ2) is 7.24. The Morgan fingerprint density at radius 3 is 2.17 bits per heavy atom. The van der Waals surface area contributed by atoms with Crippen LogP contribution in [0.1, 0.15) is 13.8 Å². The molecular formula is C14H26N2O2. The molecule has 0 saturated carbocycles. The van der Waals surface area contributed by atoms with Gasteiger partial charge in [-0.1, -0.05) is 6.08 Å². The SMILES string of the molecule is C/C=C(/CN1CCOCC1)C(C)N1CCOCC1. The molecule has 104 valence electrons. The molecule has 0 radical (unpaired) electrons. The van der Waals surface area contributed by atoms with Gasteiger partial charge in [-0.15, -0.1) is 0 Å². The van der Waals surface area contributed by atoms with Crippen LogP contribution in [0.25, 0.3) is 0 Å². The highest BCUT2D eigenvalue weighted by Gasteiger charge is 2.21. The van der Waals surface area contributed by atoms with Crippen LogP contribution in [0, 0.1) is 0 Å². The number of allylic oxidation sites excluding steroid dienone is 1. The number of morpholine rings is 2. The third kappa shape index (κ3) is 3.79. The predicted octanol–water partition coefficient (Wildman–Crippen LogP) is 0.986. The van der Waals surface area contributed by atoms with Crippen LogP contribution in [0.2, 0.25) is 0 Å². The minimum Gasteiger partial charge on any atom is -0.379 e. The van der Waals surface area contributed by atoms with Crippen molar-refractivity contribution >= 4 is 0 Å². The summed E-state index contributed by atoms with van der Waals surface area (Å²) >= 11 is 0. The van der Waals surface area contributed by atoms with Crippen LogP contribution in [0.3, 0.4) is 0 Å². The molecule has 4 nitrogen and oxygen atoms in total. The van der Waals surface area contributed by atoms with Crippen LogP contribution < -0.4 is 0 Å². The van der Waals surface area contributed by atoms with Crippen molar-refractivity contribution in [2.75, 3.05) is 59.2 Å². The molecule has 2 aliphatic heterocycles. The van der Waals surface area contributed by atoms with Gasteiger partial charge in [0.1, 0.15) is 0 Å². The monoisotopic (exact) mass is 254 g/mol. The molecule has 2 heterocycles. The van der Waals surface area contributed by atoms with E-state index in [1.54, 1.807) is 0 Å². The molecule has 0 aliphatic carbocycles. The molecule has 0 N–H and O–H groups in total. The Morgan fingerprint density at radius 1 is 1.06 bits per heavy atom. The van der Waals surface area contributed by atoms with E-state index in [0.717, 1.165) is 59.2 Å². The Hall–Kier alpha value is -0.420. The van der Waals surface area contributed by atoms with Gasteiger partial charge in [0.05, 0.1) is 26.4 Å². The zero-order valence-corrected chi connectivity index (χ0v) is 11.7. The van der Waals surface area contributed by atoms with Crippen LogP contribution in [0.5, 0.6) is 0 Å². The predicted molar refractivity (Wildman–Crippen MR) is 72.9 cm³/mol. The van der Waals surface area contributed by atoms with E-state index < -0.39 is 0 Å². The van der Waals surface area contributed by atoms with E-state index in [1.165, 1.54) is 5.57 Å². The third-order valence-corrected chi connectivity index (χ3v) is 4.01. The Bertz CT molecular complexity index is 269. The van der Waals surface area contributed by atoms with Crippen LogP contribution in [-0.2, 0) is 9.47 Å². The van der Waals surface area contributed by atoms with Crippen LogP contribution in [0.4, 0.5) is 0 Å². The molecule has 1 unspecified atom stereocenters. The Morgan fingerprint density at radius 2 is 1.61 bits per heavy atom. The number of hydrogen-bond acceptors (Lipinski definition) is 4. The number of nitrogens with zero attached hydrogens (tertiary/aromatic N) is 2. The topological polar surface area (TPSA) is 24.9 Å². The van der Waals surface area contributed by atoms with E-state index >= 15 is 0 Å². The fraction of sp³-hybridized carbons (Fsp3) is 0.857. The average molecular weight is 254 g/mol. The van der Waals surface area contributed by atoms with E-state index in [0.29, 0.717) is 6.04 Å². The van der Waals surface area contributed by atoms with Crippen LogP contribution in [-0.4, -0.2) is 75.0 Å². The van der Waals surface area contributed by atoms with Gasteiger partial charge in [0.2, 0.25) is 0 Å². The summed E-state index contributed by atoms with van der Waals surface area (Å²) in [7, 11) is 0. The van der Waals surface area contributed by atoms with Gasteiger partial charge in [-0.25, -0.2) is 0 Å². The molecule has 18 heavy (non-hydrogen) atoms. The molecule has 2 saturated heterocycles. The van der Waals surface area contributed by atoms with E-state index in [9.17, 15) is 0 Å². The first-order valence-electron chi connectivity index (χ1n) is 7.08. The molecule has 2 rings (SSSR count). The molecule has 4 heteroatoms. The van der Waals surface area contributed by atoms with Crippen molar-refractivity contribution in [3.63, 3.8) is 0 Å². The van der Waals surface area contributed by atoms with Crippen molar-refractivity contribution in [1.82, 2.24) is 9.80 Å². The van der Waals surface area contributed by atoms with Gasteiger partial charge < -0.3 is 9.47 Å². The Balaban J connectivity index is 1.86. The van der Waals surface area contributed by atoms with Gasteiger partial charge in [-0.3, -0.25) is 9.80 Å². The maximum absolute atomic E-state index is 5.43. The molecule has 1 atom stereocenters. The second-order valence-corrected chi connectivity index (χ2v) is 5.08. The van der Waals surface area contributed by atoms with Crippen molar-refractivity contribution in [3.05, 3.63) is 11.6 Å². The van der Waals surface area contributed by atoms with Crippen LogP contribution in [0.15, 0.2) is 11.6 Å². The van der Waals surface area contributed by atoms with Gasteiger partial charge in [-0.2, -0.15) is 0 Å². The van der Waals surface area contributed by atoms with Gasteiger partial charge >= 0.3 is 0 Å². The highest BCUT2D eigenvalue weighted by Crippen LogP contribution is 2.14. The largest absolute Gasteiger partial charge is 0.379 e. The molecule has 2 aliphatic rings. The second-order valence-electron chi connectivity index (χ2n) is 5.08. The fourth-order valence-electron chi connectivity index (χ4n) is 2.68. The summed E-state index contributed by atoms with van der Waals surface area (Å²) in [6.45, 7) is 13.3. The molecule has 0 amide bonds. The summed E-state index contributed by atoms with van der Waals surface area (Å²) in [4.78, 5) is 5.02. The summed E-state index contributed by atoms with van der Waals surface area (Å²) in [5.41, 5.74) is 1.53. The minimum absolute atomic E-state index is 0.529. The Labute approximate surface area is 111 Å². The maximum atomic E-state index is 5.43. The van der Waals surface area contributed by atoms with Gasteiger partial charge in [0.25, 0.3) is 0 Å². The highest BCUT2D eigenvalue weighted by molar-refractivity contribution is 5.11. The van der Waals surface area contributed by atoms with Gasteiger partial charge in [0, 0.05) is 38.8 Å². The summed E-state index contributed by atoms with van der Waals surface area (Å²) in [6, 6.07) is 0.529. The molecule has 0 aromatic rings. The van der Waals surface area contributed by atoms with E-state index in [-0.39, 0.29) is 0 Å². The number of ether oxygens (including phenoxy) is 2. The normalized spacial score (nSPS) is 26.2. The molecular weight excluding hydrogens is 228 g/mol. The van der Waals surface area contributed by atoms with Gasteiger partial charge in [0.15, 0.2) is 0 Å². The lowest BCUT2D eigenvalue weighted by Crippen LogP contribution is -2.46. The quantitative estimate of drug-likeness (QED) is 0.698. The summed E-state index contributed by atoms with van der Waals surface area (Å²) in [5, 5.41) is 0. The zero-order chi connectivity index (χ0) is 12.8. The standard InChI is InChI=1S/C14H26N2O2/c1-3-14(12-15-4-8-17-9-5-15)13(2)16-6-10-18-11-7-16/h3,13H,4-12H2,1-2H3/b14-3-. The summed E-state index contributed by atoms with van der Waals surface area (Å²) < 4.78 is 10.8. The summed E-state index contributed by atoms with van der Waals surface area (Å²) in [6.07, 6.45) is 2.29. The first kappa shape index (κ1) is 14.0.